The van der Waals surface area contributed by atoms with Crippen LogP contribution in [0.3, 0.4) is 0 Å². The van der Waals surface area contributed by atoms with E-state index in [2.05, 4.69) is 34.4 Å². The van der Waals surface area contributed by atoms with Crippen molar-refractivity contribution in [3.8, 4) is 0 Å². The Bertz CT molecular complexity index is 973. The molecule has 0 aromatic rings. The molecule has 3 amide bonds. The monoisotopic (exact) mass is 625 g/mol. The molecule has 0 aliphatic carbocycles. The Morgan fingerprint density at radius 2 is 2.05 bits per heavy atom. The second-order valence-corrected chi connectivity index (χ2v) is 12.1. The van der Waals surface area contributed by atoms with E-state index < -0.39 is 47.7 Å². The number of likely N-dealkylation sites (tertiary alicyclic amines) is 1. The van der Waals surface area contributed by atoms with Crippen LogP contribution in [-0.2, 0) is 28.7 Å². The second-order valence-electron chi connectivity index (χ2n) is 11.0. The number of amides is 3. The quantitative estimate of drug-likeness (QED) is 0.153. The van der Waals surface area contributed by atoms with E-state index in [4.69, 9.17) is 9.47 Å². The average molecular weight is 627 g/mol. The maximum atomic E-state index is 14.2. The molecule has 0 radical (unpaired) electrons. The Kier molecular flexibility index (Phi) is 11.4. The first-order chi connectivity index (χ1) is 19.1. The molecule has 2 bridgehead atoms. The summed E-state index contributed by atoms with van der Waals surface area (Å²) in [6.07, 6.45) is 5.36. The number of ether oxygens (including phenoxy) is 2. The van der Waals surface area contributed by atoms with Gasteiger partial charge in [0, 0.05) is 24.3 Å². The Morgan fingerprint density at radius 3 is 2.65 bits per heavy atom. The molecule has 1 unspecified atom stereocenters. The Morgan fingerprint density at radius 1 is 1.32 bits per heavy atom. The van der Waals surface area contributed by atoms with Gasteiger partial charge in [0.2, 0.25) is 17.7 Å². The molecule has 3 fully saturated rings. The van der Waals surface area contributed by atoms with E-state index in [1.165, 1.54) is 4.90 Å². The van der Waals surface area contributed by atoms with Crippen LogP contribution in [-0.4, -0.2) is 99.6 Å². The topological polar surface area (TPSA) is 125 Å². The van der Waals surface area contributed by atoms with E-state index in [-0.39, 0.29) is 35.7 Å². The van der Waals surface area contributed by atoms with Crippen molar-refractivity contribution in [2.45, 2.75) is 94.0 Å². The van der Waals surface area contributed by atoms with Crippen LogP contribution in [0.5, 0.6) is 0 Å². The zero-order valence-electron chi connectivity index (χ0n) is 23.9. The first-order valence-corrected chi connectivity index (χ1v) is 15.3. The maximum absolute atomic E-state index is 14.2. The van der Waals surface area contributed by atoms with Crippen LogP contribution in [0.4, 0.5) is 0 Å². The largest absolute Gasteiger partial charge is 0.460 e. The minimum absolute atomic E-state index is 0.130. The van der Waals surface area contributed by atoms with Gasteiger partial charge in [-0.25, -0.2) is 0 Å². The summed E-state index contributed by atoms with van der Waals surface area (Å²) < 4.78 is 12.2. The number of halogens is 1. The molecule has 0 saturated carbocycles. The molecule has 11 heteroatoms. The van der Waals surface area contributed by atoms with Gasteiger partial charge < -0.3 is 29.7 Å². The number of hydrogen-bond donors (Lipinski definition) is 2. The van der Waals surface area contributed by atoms with Crippen LogP contribution >= 0.6 is 15.9 Å². The van der Waals surface area contributed by atoms with Crippen molar-refractivity contribution in [2.75, 3.05) is 26.2 Å². The van der Waals surface area contributed by atoms with Crippen molar-refractivity contribution in [2.24, 2.45) is 11.8 Å². The third-order valence-corrected chi connectivity index (χ3v) is 9.08. The van der Waals surface area contributed by atoms with Crippen LogP contribution in [0.2, 0.25) is 0 Å². The molecule has 3 heterocycles. The molecule has 10 nitrogen and oxygen atoms in total. The summed E-state index contributed by atoms with van der Waals surface area (Å²) in [5, 5.41) is 12.9. The SMILES string of the molecule is C=CCCC(=O)NC[C@@H](C)OC(=O)[C@@H]1[C@H]2O[C@@]3(CC2Br)[C@H](C(=O)N(CC=C)CCCC)N([C@@H](CC)CO)C(=O)[C@@H]13. The Balaban J connectivity index is 1.91. The highest BCUT2D eigenvalue weighted by Gasteiger charge is 2.77. The highest BCUT2D eigenvalue weighted by Crippen LogP contribution is 2.60. The number of esters is 1. The highest BCUT2D eigenvalue weighted by molar-refractivity contribution is 9.09. The highest BCUT2D eigenvalue weighted by atomic mass is 79.9. The van der Waals surface area contributed by atoms with Gasteiger partial charge in [-0.05, 0) is 32.6 Å². The molecule has 8 atom stereocenters. The van der Waals surface area contributed by atoms with Crippen molar-refractivity contribution in [3.63, 3.8) is 0 Å². The van der Waals surface area contributed by atoms with Crippen LogP contribution in [0.1, 0.15) is 59.3 Å². The molecule has 3 saturated heterocycles. The zero-order valence-corrected chi connectivity index (χ0v) is 25.4. The van der Waals surface area contributed by atoms with Gasteiger partial charge in [0.05, 0.1) is 37.1 Å². The minimum Gasteiger partial charge on any atom is -0.460 e. The predicted octanol–water partition coefficient (Wildman–Crippen LogP) is 2.33. The first kappa shape index (κ1) is 32.3. The lowest BCUT2D eigenvalue weighted by Gasteiger charge is -2.39. The van der Waals surface area contributed by atoms with Gasteiger partial charge in [-0.3, -0.25) is 19.2 Å². The second kappa shape index (κ2) is 14.1. The number of fused-ring (bicyclic) bond motifs is 1. The molecule has 40 heavy (non-hydrogen) atoms. The lowest BCUT2D eigenvalue weighted by molar-refractivity contribution is -0.160. The van der Waals surface area contributed by atoms with E-state index in [1.54, 1.807) is 24.0 Å². The first-order valence-electron chi connectivity index (χ1n) is 14.3. The van der Waals surface area contributed by atoms with E-state index >= 15 is 0 Å². The normalized spacial score (nSPS) is 30.0. The molecule has 3 rings (SSSR count). The molecule has 2 N–H and O–H groups in total. The van der Waals surface area contributed by atoms with Gasteiger partial charge in [-0.2, -0.15) is 0 Å². The molecule has 3 aliphatic rings. The van der Waals surface area contributed by atoms with Crippen molar-refractivity contribution in [1.82, 2.24) is 15.1 Å². The van der Waals surface area contributed by atoms with Crippen molar-refractivity contribution in [1.29, 1.82) is 0 Å². The number of rotatable bonds is 16. The van der Waals surface area contributed by atoms with E-state index in [1.807, 2.05) is 13.8 Å². The van der Waals surface area contributed by atoms with Gasteiger partial charge in [-0.1, -0.05) is 48.4 Å². The molecule has 0 aromatic heterocycles. The van der Waals surface area contributed by atoms with Gasteiger partial charge >= 0.3 is 5.97 Å². The van der Waals surface area contributed by atoms with Gasteiger partial charge in [0.1, 0.15) is 17.7 Å². The van der Waals surface area contributed by atoms with E-state index in [0.29, 0.717) is 38.8 Å². The van der Waals surface area contributed by atoms with Gasteiger partial charge in [0.25, 0.3) is 0 Å². The Hall–Kier alpha value is -2.24. The summed E-state index contributed by atoms with van der Waals surface area (Å²) in [5.41, 5.74) is -1.23. The number of alkyl halides is 1. The third kappa shape index (κ3) is 6.16. The van der Waals surface area contributed by atoms with Crippen molar-refractivity contribution in [3.05, 3.63) is 25.3 Å². The lowest BCUT2D eigenvalue weighted by atomic mass is 9.70. The summed E-state index contributed by atoms with van der Waals surface area (Å²) in [7, 11) is 0. The van der Waals surface area contributed by atoms with Crippen LogP contribution < -0.4 is 5.32 Å². The molecular weight excluding hydrogens is 582 g/mol. The van der Waals surface area contributed by atoms with Crippen LogP contribution in [0, 0.1) is 11.8 Å². The fourth-order valence-corrected chi connectivity index (χ4v) is 7.23. The fourth-order valence-electron chi connectivity index (χ4n) is 6.29. The standard InChI is InChI=1S/C29H44BrN3O7/c1-6-10-12-21(35)31-16-18(5)39-28(38)22-23-26(36)33(19(9-4)17-34)25(29(23)15-20(30)24(22)40-29)27(37)32(13-8-3)14-11-7-2/h6,8,18-20,22-25,34H,1,3,7,9-17H2,2,4-5H3,(H,31,35)/t18-,19+,20?,22+,23-,24+,25+,29-/m1/s1. The van der Waals surface area contributed by atoms with Gasteiger partial charge in [0.15, 0.2) is 0 Å². The predicted molar refractivity (Wildman–Crippen MR) is 153 cm³/mol. The molecule has 3 aliphatic heterocycles. The maximum Gasteiger partial charge on any atom is 0.312 e. The van der Waals surface area contributed by atoms with Crippen molar-refractivity contribution >= 4 is 39.6 Å². The number of unbranched alkanes of at least 4 members (excludes halogenated alkanes) is 1. The summed E-state index contributed by atoms with van der Waals surface area (Å²) in [5.74, 6) is -3.25. The number of hydrogen-bond acceptors (Lipinski definition) is 7. The smallest absolute Gasteiger partial charge is 0.312 e. The van der Waals surface area contributed by atoms with Gasteiger partial charge in [-0.15, -0.1) is 13.2 Å². The number of allylic oxidation sites excluding steroid dienone is 1. The molecule has 224 valence electrons. The third-order valence-electron chi connectivity index (χ3n) is 8.23. The molecular formula is C29H44BrN3O7. The minimum atomic E-state index is -1.23. The van der Waals surface area contributed by atoms with E-state index in [0.717, 1.165) is 12.8 Å². The molecule has 1 spiro atoms. The van der Waals surface area contributed by atoms with E-state index in [9.17, 15) is 24.3 Å². The van der Waals surface area contributed by atoms with Crippen LogP contribution in [0.25, 0.3) is 0 Å². The van der Waals surface area contributed by atoms with Crippen molar-refractivity contribution < 1.29 is 33.8 Å². The summed E-state index contributed by atoms with van der Waals surface area (Å²) in [6.45, 7) is 13.6. The fraction of sp³-hybridized carbons (Fsp3) is 0.724. The number of nitrogens with one attached hydrogen (secondary N) is 1. The Labute approximate surface area is 245 Å². The summed E-state index contributed by atoms with van der Waals surface area (Å²) in [6, 6.07) is -1.58. The lowest BCUT2D eigenvalue weighted by Crippen LogP contribution is -2.59. The zero-order chi connectivity index (χ0) is 29.6. The number of carbonyl (C=O) groups excluding carboxylic acids is 4. The number of aliphatic hydroxyl groups excluding tert-OH is 1. The average Bonchev–Trinajstić information content (AvgIpc) is 3.52. The summed E-state index contributed by atoms with van der Waals surface area (Å²) >= 11 is 3.65. The van der Waals surface area contributed by atoms with Crippen LogP contribution in [0.15, 0.2) is 25.3 Å². The number of nitrogens with zero attached hydrogens (tertiary/aromatic N) is 2. The number of aliphatic hydroxyl groups is 1. The summed E-state index contributed by atoms with van der Waals surface area (Å²) in [4.78, 5) is 56.8. The number of carbonyl (C=O) groups is 4. The molecule has 0 aromatic carbocycles.